The van der Waals surface area contributed by atoms with E-state index in [4.69, 9.17) is 9.84 Å². The second-order valence-electron chi connectivity index (χ2n) is 5.69. The molecular formula is C16H26N2O3. The van der Waals surface area contributed by atoms with Crippen LogP contribution in [0.3, 0.4) is 0 Å². The smallest absolute Gasteiger partial charge is 0.319 e. The van der Waals surface area contributed by atoms with Crippen LogP contribution in [-0.2, 0) is 0 Å². The van der Waals surface area contributed by atoms with Gasteiger partial charge in [-0.2, -0.15) is 0 Å². The van der Waals surface area contributed by atoms with E-state index in [1.807, 2.05) is 52.8 Å². The van der Waals surface area contributed by atoms with Gasteiger partial charge in [-0.15, -0.1) is 0 Å². The van der Waals surface area contributed by atoms with Gasteiger partial charge in [0.1, 0.15) is 5.75 Å². The molecule has 0 saturated carbocycles. The first-order valence-corrected chi connectivity index (χ1v) is 7.29. The monoisotopic (exact) mass is 294 g/mol. The van der Waals surface area contributed by atoms with Gasteiger partial charge in [0.2, 0.25) is 0 Å². The highest BCUT2D eigenvalue weighted by Crippen LogP contribution is 2.22. The van der Waals surface area contributed by atoms with E-state index >= 15 is 0 Å². The summed E-state index contributed by atoms with van der Waals surface area (Å²) in [6, 6.07) is 5.16. The predicted molar refractivity (Wildman–Crippen MR) is 84.8 cm³/mol. The number of urea groups is 1. The topological polar surface area (TPSA) is 70.6 Å². The summed E-state index contributed by atoms with van der Waals surface area (Å²) in [5, 5.41) is 14.7. The quantitative estimate of drug-likeness (QED) is 0.755. The van der Waals surface area contributed by atoms with Crippen molar-refractivity contribution < 1.29 is 14.6 Å². The summed E-state index contributed by atoms with van der Waals surface area (Å²) in [6.07, 6.45) is 0.117. The van der Waals surface area contributed by atoms with Gasteiger partial charge in [0, 0.05) is 18.3 Å². The van der Waals surface area contributed by atoms with Crippen molar-refractivity contribution >= 4 is 11.7 Å². The zero-order valence-corrected chi connectivity index (χ0v) is 13.4. The summed E-state index contributed by atoms with van der Waals surface area (Å²) in [6.45, 7) is 9.68. The molecule has 118 valence electrons. The third kappa shape index (κ3) is 5.63. The molecule has 0 unspecified atom stereocenters. The van der Waals surface area contributed by atoms with E-state index in [0.29, 0.717) is 5.69 Å². The van der Waals surface area contributed by atoms with Gasteiger partial charge in [-0.25, -0.2) is 4.79 Å². The van der Waals surface area contributed by atoms with Crippen LogP contribution in [0, 0.1) is 12.8 Å². The number of aliphatic hydroxyl groups excluding tert-OH is 1. The molecule has 0 radical (unpaired) electrons. The number of aryl methyl sites for hydroxylation is 1. The van der Waals surface area contributed by atoms with Gasteiger partial charge in [0.25, 0.3) is 0 Å². The third-order valence-electron chi connectivity index (χ3n) is 3.30. The summed E-state index contributed by atoms with van der Waals surface area (Å²) in [4.78, 5) is 11.9. The van der Waals surface area contributed by atoms with E-state index < -0.39 is 0 Å². The molecule has 5 nitrogen and oxygen atoms in total. The fraction of sp³-hybridized carbons (Fsp3) is 0.562. The minimum atomic E-state index is -0.278. The first kappa shape index (κ1) is 17.3. The first-order valence-electron chi connectivity index (χ1n) is 7.29. The summed E-state index contributed by atoms with van der Waals surface area (Å²) in [5.41, 5.74) is 1.68. The molecule has 0 spiro atoms. The minimum absolute atomic E-state index is 0.0132. The summed E-state index contributed by atoms with van der Waals surface area (Å²) >= 11 is 0. The Balaban J connectivity index is 2.63. The number of anilines is 1. The Bertz CT molecular complexity index is 475. The largest absolute Gasteiger partial charge is 0.491 e. The molecule has 5 heteroatoms. The number of carbonyl (C=O) groups excluding carboxylic acids is 1. The van der Waals surface area contributed by atoms with Crippen LogP contribution in [0.5, 0.6) is 5.75 Å². The number of aliphatic hydroxyl groups is 1. The van der Waals surface area contributed by atoms with E-state index in [1.54, 1.807) is 0 Å². The SMILES string of the molecule is Cc1cc(NC(=O)N[C@H](C)[C@H](C)CO)ccc1OC(C)C. The molecule has 0 aliphatic heterocycles. The number of amides is 2. The lowest BCUT2D eigenvalue weighted by Gasteiger charge is -2.20. The van der Waals surface area contributed by atoms with E-state index in [0.717, 1.165) is 11.3 Å². The van der Waals surface area contributed by atoms with Crippen LogP contribution in [0.2, 0.25) is 0 Å². The fourth-order valence-electron chi connectivity index (χ4n) is 1.79. The maximum Gasteiger partial charge on any atom is 0.319 e. The van der Waals surface area contributed by atoms with Crippen molar-refractivity contribution in [3.8, 4) is 5.75 Å². The molecular weight excluding hydrogens is 268 g/mol. The Kier molecular flexibility index (Phi) is 6.49. The maximum absolute atomic E-state index is 11.9. The molecule has 3 N–H and O–H groups in total. The van der Waals surface area contributed by atoms with E-state index in [-0.39, 0.29) is 30.7 Å². The normalized spacial score (nSPS) is 13.7. The lowest BCUT2D eigenvalue weighted by molar-refractivity contribution is 0.204. The maximum atomic E-state index is 11.9. The van der Waals surface area contributed by atoms with Crippen molar-refractivity contribution in [2.75, 3.05) is 11.9 Å². The Morgan fingerprint density at radius 3 is 2.48 bits per heavy atom. The summed E-state index contributed by atoms with van der Waals surface area (Å²) in [5.74, 6) is 0.831. The number of benzene rings is 1. The zero-order chi connectivity index (χ0) is 16.0. The van der Waals surface area contributed by atoms with Crippen molar-refractivity contribution in [1.82, 2.24) is 5.32 Å². The van der Waals surface area contributed by atoms with Gasteiger partial charge in [-0.05, 0) is 57.4 Å². The van der Waals surface area contributed by atoms with Crippen LogP contribution in [-0.4, -0.2) is 29.9 Å². The zero-order valence-electron chi connectivity index (χ0n) is 13.4. The fourth-order valence-corrected chi connectivity index (χ4v) is 1.79. The van der Waals surface area contributed by atoms with Crippen LogP contribution >= 0.6 is 0 Å². The molecule has 0 saturated heterocycles. The number of hydrogen-bond acceptors (Lipinski definition) is 3. The molecule has 2 amide bonds. The highest BCUT2D eigenvalue weighted by Gasteiger charge is 2.14. The highest BCUT2D eigenvalue weighted by atomic mass is 16.5. The van der Waals surface area contributed by atoms with Crippen LogP contribution in [0.15, 0.2) is 18.2 Å². The molecule has 0 bridgehead atoms. The second-order valence-corrected chi connectivity index (χ2v) is 5.69. The molecule has 1 rings (SSSR count). The molecule has 0 aromatic heterocycles. The first-order chi connectivity index (χ1) is 9.83. The number of rotatable bonds is 6. The van der Waals surface area contributed by atoms with Gasteiger partial charge >= 0.3 is 6.03 Å². The van der Waals surface area contributed by atoms with Crippen LogP contribution < -0.4 is 15.4 Å². The molecule has 0 aliphatic carbocycles. The van der Waals surface area contributed by atoms with Crippen LogP contribution in [0.1, 0.15) is 33.3 Å². The summed E-state index contributed by atoms with van der Waals surface area (Å²) < 4.78 is 5.66. The third-order valence-corrected chi connectivity index (χ3v) is 3.30. The Labute approximate surface area is 126 Å². The molecule has 0 aliphatic rings. The number of nitrogens with one attached hydrogen (secondary N) is 2. The average molecular weight is 294 g/mol. The van der Waals surface area contributed by atoms with Gasteiger partial charge in [-0.3, -0.25) is 0 Å². The molecule has 1 aromatic carbocycles. The standard InChI is InChI=1S/C16H26N2O3/c1-10(2)21-15-7-6-14(8-11(15)3)18-16(20)17-13(5)12(4)9-19/h6-8,10,12-13,19H,9H2,1-5H3,(H2,17,18,20)/t12-,13-/m1/s1. The van der Waals surface area contributed by atoms with E-state index in [1.165, 1.54) is 0 Å². The van der Waals surface area contributed by atoms with Gasteiger partial charge in [0.05, 0.1) is 6.10 Å². The van der Waals surface area contributed by atoms with E-state index in [2.05, 4.69) is 10.6 Å². The number of carbonyl (C=O) groups is 1. The highest BCUT2D eigenvalue weighted by molar-refractivity contribution is 5.89. The van der Waals surface area contributed by atoms with Crippen molar-refractivity contribution in [3.05, 3.63) is 23.8 Å². The number of ether oxygens (including phenoxy) is 1. The predicted octanol–water partition coefficient (Wildman–Crippen LogP) is 2.92. The van der Waals surface area contributed by atoms with Gasteiger partial charge in [-0.1, -0.05) is 6.92 Å². The lowest BCUT2D eigenvalue weighted by Crippen LogP contribution is -2.40. The van der Waals surface area contributed by atoms with Crippen LogP contribution in [0.4, 0.5) is 10.5 Å². The van der Waals surface area contributed by atoms with Crippen LogP contribution in [0.25, 0.3) is 0 Å². The Hall–Kier alpha value is -1.75. The lowest BCUT2D eigenvalue weighted by atomic mass is 10.1. The summed E-state index contributed by atoms with van der Waals surface area (Å²) in [7, 11) is 0. The Morgan fingerprint density at radius 2 is 1.95 bits per heavy atom. The molecule has 0 heterocycles. The molecule has 2 atom stereocenters. The minimum Gasteiger partial charge on any atom is -0.491 e. The van der Waals surface area contributed by atoms with E-state index in [9.17, 15) is 4.79 Å². The molecule has 0 fully saturated rings. The molecule has 21 heavy (non-hydrogen) atoms. The van der Waals surface area contributed by atoms with Crippen molar-refractivity contribution in [2.45, 2.75) is 46.8 Å². The number of hydrogen-bond donors (Lipinski definition) is 3. The Morgan fingerprint density at radius 1 is 1.29 bits per heavy atom. The van der Waals surface area contributed by atoms with Crippen molar-refractivity contribution in [3.63, 3.8) is 0 Å². The van der Waals surface area contributed by atoms with Gasteiger partial charge < -0.3 is 20.5 Å². The van der Waals surface area contributed by atoms with Crippen molar-refractivity contribution in [2.24, 2.45) is 5.92 Å². The second kappa shape index (κ2) is 7.88. The van der Waals surface area contributed by atoms with Crippen molar-refractivity contribution in [1.29, 1.82) is 0 Å². The average Bonchev–Trinajstić information content (AvgIpc) is 2.40. The van der Waals surface area contributed by atoms with Gasteiger partial charge in [0.15, 0.2) is 0 Å². The molecule has 1 aromatic rings.